The zero-order valence-electron chi connectivity index (χ0n) is 25.7. The summed E-state index contributed by atoms with van der Waals surface area (Å²) >= 11 is 0. The summed E-state index contributed by atoms with van der Waals surface area (Å²) in [5.41, 5.74) is -2.42. The topological polar surface area (TPSA) is 139 Å². The van der Waals surface area contributed by atoms with Gasteiger partial charge in [0.25, 0.3) is 0 Å². The molecule has 8 saturated carbocycles. The van der Waals surface area contributed by atoms with Gasteiger partial charge in [-0.1, -0.05) is 24.3 Å². The zero-order chi connectivity index (χ0) is 31.0. The van der Waals surface area contributed by atoms with Crippen molar-refractivity contribution < 1.29 is 30.0 Å². The van der Waals surface area contributed by atoms with E-state index in [0.29, 0.717) is 64.2 Å². The van der Waals surface area contributed by atoms with Crippen LogP contribution in [0.4, 0.5) is 11.4 Å². The van der Waals surface area contributed by atoms with Gasteiger partial charge in [-0.15, -0.1) is 0 Å². The van der Waals surface area contributed by atoms with Crippen molar-refractivity contribution in [2.45, 2.75) is 124 Å². The summed E-state index contributed by atoms with van der Waals surface area (Å²) in [5.74, 6) is -0.266. The Labute approximate surface area is 258 Å². The number of aliphatic hydroxyl groups is 4. The number of carbonyl (C=O) groups excluding carboxylic acids is 2. The molecule has 234 valence electrons. The molecule has 2 amide bonds. The van der Waals surface area contributed by atoms with E-state index >= 15 is 0 Å². The first kappa shape index (κ1) is 28.7. The molecule has 4 unspecified atom stereocenters. The van der Waals surface area contributed by atoms with E-state index in [1.807, 2.05) is 48.5 Å². The predicted molar refractivity (Wildman–Crippen MR) is 165 cm³/mol. The summed E-state index contributed by atoms with van der Waals surface area (Å²) in [6.07, 6.45) is 6.84. The third-order valence-electron chi connectivity index (χ3n) is 12.8. The molecule has 2 aromatic carbocycles. The molecule has 0 spiro atoms. The summed E-state index contributed by atoms with van der Waals surface area (Å²) < 4.78 is 0. The van der Waals surface area contributed by atoms with Crippen LogP contribution in [-0.2, 0) is 20.4 Å². The van der Waals surface area contributed by atoms with Gasteiger partial charge in [0.05, 0.1) is 22.4 Å². The van der Waals surface area contributed by atoms with Gasteiger partial charge in [0, 0.05) is 48.9 Å². The quantitative estimate of drug-likeness (QED) is 0.300. The van der Waals surface area contributed by atoms with Crippen LogP contribution < -0.4 is 10.6 Å². The monoisotopic (exact) mass is 600 g/mol. The van der Waals surface area contributed by atoms with Crippen LogP contribution in [0.15, 0.2) is 48.5 Å². The van der Waals surface area contributed by atoms with Crippen molar-refractivity contribution in [3.05, 3.63) is 59.7 Å². The van der Waals surface area contributed by atoms with Crippen molar-refractivity contribution in [2.75, 3.05) is 10.6 Å². The number of benzene rings is 2. The summed E-state index contributed by atoms with van der Waals surface area (Å²) in [4.78, 5) is 23.3. The van der Waals surface area contributed by atoms with Gasteiger partial charge < -0.3 is 31.1 Å². The molecule has 8 aliphatic carbocycles. The Hall–Kier alpha value is -2.78. The highest BCUT2D eigenvalue weighted by Crippen LogP contribution is 2.80. The van der Waals surface area contributed by atoms with E-state index in [0.717, 1.165) is 35.3 Å². The molecule has 0 heterocycles. The normalized spacial score (nSPS) is 46.2. The van der Waals surface area contributed by atoms with Gasteiger partial charge in [-0.25, -0.2) is 0 Å². The third-order valence-corrected chi connectivity index (χ3v) is 12.8. The minimum absolute atomic E-state index is 0.133. The Morgan fingerprint density at radius 2 is 0.773 bits per heavy atom. The molecule has 6 N–H and O–H groups in total. The van der Waals surface area contributed by atoms with Crippen LogP contribution in [0, 0.1) is 10.8 Å². The second-order valence-electron chi connectivity index (χ2n) is 16.7. The van der Waals surface area contributed by atoms with Crippen molar-refractivity contribution in [2.24, 2.45) is 10.8 Å². The maximum absolute atomic E-state index is 12.3. The fraction of sp³-hybridized carbons (Fsp3) is 0.611. The lowest BCUT2D eigenvalue weighted by molar-refractivity contribution is -0.324. The SMILES string of the molecule is CC(=O)Nc1ccc(C23CC4(O)CC(O)(C2)CC(C25CC6(O)CC(O)(CC(c7ccc(NC(C)=O)cc7)(C6)C2)C5)(C4)C3)cc1. The van der Waals surface area contributed by atoms with E-state index in [4.69, 9.17) is 0 Å². The molecule has 0 radical (unpaired) electrons. The van der Waals surface area contributed by atoms with E-state index < -0.39 is 44.1 Å². The van der Waals surface area contributed by atoms with Crippen molar-refractivity contribution in [1.29, 1.82) is 0 Å². The maximum Gasteiger partial charge on any atom is 0.221 e. The number of rotatable bonds is 5. The van der Waals surface area contributed by atoms with Gasteiger partial charge in [0.15, 0.2) is 0 Å². The van der Waals surface area contributed by atoms with Gasteiger partial charge in [-0.3, -0.25) is 9.59 Å². The number of carbonyl (C=O) groups is 2. The number of anilines is 2. The highest BCUT2D eigenvalue weighted by atomic mass is 16.3. The van der Waals surface area contributed by atoms with Crippen LogP contribution in [0.2, 0.25) is 0 Å². The molecular formula is C36H44N2O6. The summed E-state index contributed by atoms with van der Waals surface area (Å²) in [7, 11) is 0. The highest BCUT2D eigenvalue weighted by molar-refractivity contribution is 5.89. The summed E-state index contributed by atoms with van der Waals surface area (Å²) in [5, 5.41) is 54.8. The predicted octanol–water partition coefficient (Wildman–Crippen LogP) is 4.44. The highest BCUT2D eigenvalue weighted by Gasteiger charge is 2.78. The molecule has 0 saturated heterocycles. The van der Waals surface area contributed by atoms with Gasteiger partial charge >= 0.3 is 0 Å². The van der Waals surface area contributed by atoms with Crippen LogP contribution >= 0.6 is 0 Å². The third kappa shape index (κ3) is 4.10. The van der Waals surface area contributed by atoms with E-state index in [1.165, 1.54) is 13.8 Å². The molecule has 8 heteroatoms. The first-order valence-corrected chi connectivity index (χ1v) is 16.2. The van der Waals surface area contributed by atoms with E-state index in [-0.39, 0.29) is 11.8 Å². The van der Waals surface area contributed by atoms with Crippen LogP contribution in [-0.4, -0.2) is 54.6 Å². The summed E-state index contributed by atoms with van der Waals surface area (Å²) in [6.45, 7) is 2.97. The summed E-state index contributed by atoms with van der Waals surface area (Å²) in [6, 6.07) is 15.8. The first-order chi connectivity index (χ1) is 20.5. The van der Waals surface area contributed by atoms with E-state index in [9.17, 15) is 30.0 Å². The minimum Gasteiger partial charge on any atom is -0.390 e. The van der Waals surface area contributed by atoms with Crippen LogP contribution in [0.1, 0.15) is 102 Å². The number of amides is 2. The lowest BCUT2D eigenvalue weighted by atomic mass is 9.28. The lowest BCUT2D eigenvalue weighted by Gasteiger charge is -2.78. The van der Waals surface area contributed by atoms with Crippen LogP contribution in [0.5, 0.6) is 0 Å². The largest absolute Gasteiger partial charge is 0.390 e. The Morgan fingerprint density at radius 1 is 0.477 bits per heavy atom. The van der Waals surface area contributed by atoms with Crippen molar-refractivity contribution >= 4 is 23.2 Å². The molecule has 4 atom stereocenters. The number of hydrogen-bond donors (Lipinski definition) is 6. The molecule has 8 nitrogen and oxygen atoms in total. The van der Waals surface area contributed by atoms with Gasteiger partial charge in [0.2, 0.25) is 11.8 Å². The van der Waals surface area contributed by atoms with Crippen molar-refractivity contribution in [3.63, 3.8) is 0 Å². The Morgan fingerprint density at radius 3 is 1.05 bits per heavy atom. The molecule has 44 heavy (non-hydrogen) atoms. The second-order valence-corrected chi connectivity index (χ2v) is 16.7. The van der Waals surface area contributed by atoms with Crippen molar-refractivity contribution in [1.82, 2.24) is 0 Å². The molecule has 10 rings (SSSR count). The van der Waals surface area contributed by atoms with E-state index in [2.05, 4.69) is 10.6 Å². The smallest absolute Gasteiger partial charge is 0.221 e. The van der Waals surface area contributed by atoms with Gasteiger partial charge in [-0.05, 0) is 110 Å². The molecular weight excluding hydrogens is 556 g/mol. The van der Waals surface area contributed by atoms with Crippen LogP contribution in [0.3, 0.4) is 0 Å². The average Bonchev–Trinajstić information content (AvgIpc) is 2.84. The lowest BCUT2D eigenvalue weighted by Crippen LogP contribution is -2.77. The van der Waals surface area contributed by atoms with Crippen molar-refractivity contribution in [3.8, 4) is 0 Å². The number of nitrogens with one attached hydrogen (secondary N) is 2. The minimum atomic E-state index is -1.04. The van der Waals surface area contributed by atoms with Gasteiger partial charge in [0.1, 0.15) is 0 Å². The Kier molecular flexibility index (Phi) is 5.55. The second kappa shape index (κ2) is 8.52. The molecule has 8 aliphatic rings. The Bertz CT molecular complexity index is 1410. The fourth-order valence-corrected chi connectivity index (χ4v) is 13.0. The molecule has 2 aromatic rings. The first-order valence-electron chi connectivity index (χ1n) is 16.2. The number of hydrogen-bond acceptors (Lipinski definition) is 6. The fourth-order valence-electron chi connectivity index (χ4n) is 13.0. The zero-order valence-corrected chi connectivity index (χ0v) is 25.7. The maximum atomic E-state index is 12.3. The average molecular weight is 601 g/mol. The van der Waals surface area contributed by atoms with Gasteiger partial charge in [-0.2, -0.15) is 0 Å². The molecule has 0 aromatic heterocycles. The molecule has 8 bridgehead atoms. The molecule has 0 aliphatic heterocycles. The molecule has 8 fully saturated rings. The van der Waals surface area contributed by atoms with E-state index in [1.54, 1.807) is 0 Å². The van der Waals surface area contributed by atoms with Crippen LogP contribution in [0.25, 0.3) is 0 Å². The Balaban J connectivity index is 1.23. The standard InChI is InChI=1S/C36H44N2O6/c1-23(39)37-27-7-3-25(4-8-27)29-11-31(17-33(41,13-29)21-34(42,14-29)18-31)32-12-30(26-5-9-28(10-6-26)38-24(2)40)15-35(43,19-32)22-36(44,16-30)20-32/h3-10,41-44H,11-22H2,1-2H3,(H,37,39)(H,38,40).